The van der Waals surface area contributed by atoms with E-state index in [1.165, 1.54) is 24.8 Å². The second-order valence-corrected chi connectivity index (χ2v) is 2.68. The molecule has 0 saturated carbocycles. The fourth-order valence-corrected chi connectivity index (χ4v) is 0.822. The maximum absolute atomic E-state index is 8.92. The zero-order valence-electron chi connectivity index (χ0n) is 7.89. The molecule has 0 atom stereocenters. The molecule has 0 fully saturated rings. The molecule has 0 spiro atoms. The fourth-order valence-electron chi connectivity index (χ4n) is 0.822. The minimum atomic E-state index is -0.0557. The summed E-state index contributed by atoms with van der Waals surface area (Å²) in [5.41, 5.74) is 0. The molecular formula is C8H6N6O2. The van der Waals surface area contributed by atoms with Crippen LogP contribution in [0.1, 0.15) is 0 Å². The summed E-state index contributed by atoms with van der Waals surface area (Å²) >= 11 is 0. The van der Waals surface area contributed by atoms with Crippen molar-refractivity contribution in [3.8, 4) is 11.5 Å². The zero-order chi connectivity index (χ0) is 11.4. The molecule has 0 saturated heterocycles. The van der Waals surface area contributed by atoms with Crippen LogP contribution in [0.3, 0.4) is 0 Å². The highest BCUT2D eigenvalue weighted by Crippen LogP contribution is 2.12. The molecule has 2 aromatic heterocycles. The van der Waals surface area contributed by atoms with Gasteiger partial charge in [-0.25, -0.2) is 19.9 Å². The summed E-state index contributed by atoms with van der Waals surface area (Å²) in [4.78, 5) is 14.7. The molecule has 0 aromatic carbocycles. The Kier molecular flexibility index (Phi) is 2.63. The molecule has 2 aromatic rings. The van der Waals surface area contributed by atoms with E-state index in [4.69, 9.17) is 10.2 Å². The Balaban J connectivity index is 2.15. The Morgan fingerprint density at radius 2 is 1.00 bits per heavy atom. The number of rotatable bonds is 2. The Morgan fingerprint density at radius 1 is 0.688 bits per heavy atom. The smallest absolute Gasteiger partial charge is 0.269 e. The highest BCUT2D eigenvalue weighted by molar-refractivity contribution is 5.22. The Morgan fingerprint density at radius 3 is 1.31 bits per heavy atom. The second-order valence-electron chi connectivity index (χ2n) is 2.68. The third-order valence-corrected chi connectivity index (χ3v) is 1.48. The highest BCUT2D eigenvalue weighted by Gasteiger charge is 1.96. The average Bonchev–Trinajstić information content (AvgIpc) is 2.30. The van der Waals surface area contributed by atoms with Gasteiger partial charge >= 0.3 is 0 Å². The molecule has 0 unspecified atom stereocenters. The van der Waals surface area contributed by atoms with Crippen molar-refractivity contribution in [2.75, 3.05) is 0 Å². The Bertz CT molecular complexity index is 447. The van der Waals surface area contributed by atoms with Gasteiger partial charge in [0.15, 0.2) is 11.5 Å². The van der Waals surface area contributed by atoms with Crippen molar-refractivity contribution in [3.63, 3.8) is 0 Å². The van der Waals surface area contributed by atoms with Gasteiger partial charge in [0.1, 0.15) is 0 Å². The normalized spacial score (nSPS) is 10.8. The summed E-state index contributed by atoms with van der Waals surface area (Å²) < 4.78 is 0. The van der Waals surface area contributed by atoms with E-state index in [0.717, 1.165) is 0 Å². The number of aromatic nitrogens is 4. The molecule has 2 rings (SSSR count). The first-order chi connectivity index (χ1) is 7.74. The topological polar surface area (TPSA) is 117 Å². The lowest BCUT2D eigenvalue weighted by atomic mass is 10.6. The van der Waals surface area contributed by atoms with Gasteiger partial charge < -0.3 is 10.2 Å². The standard InChI is InChI=1S/C8H6N6O2/c15-5-1-9-7(10-2-5)13-14-8-11-3-6(16)4-12-8/h1-4,15-16H. The van der Waals surface area contributed by atoms with Gasteiger partial charge in [-0.05, 0) is 0 Å². The minimum Gasteiger partial charge on any atom is -0.505 e. The van der Waals surface area contributed by atoms with Crippen LogP contribution in [0.25, 0.3) is 0 Å². The number of azo groups is 1. The van der Waals surface area contributed by atoms with Crippen LogP contribution in [-0.2, 0) is 0 Å². The molecule has 80 valence electrons. The first-order valence-electron chi connectivity index (χ1n) is 4.18. The van der Waals surface area contributed by atoms with Gasteiger partial charge in [-0.2, -0.15) is 0 Å². The van der Waals surface area contributed by atoms with Crippen LogP contribution >= 0.6 is 0 Å². The third kappa shape index (κ3) is 2.44. The van der Waals surface area contributed by atoms with Crippen molar-refractivity contribution in [3.05, 3.63) is 24.8 Å². The van der Waals surface area contributed by atoms with Crippen molar-refractivity contribution in [2.24, 2.45) is 10.2 Å². The van der Waals surface area contributed by atoms with E-state index in [0.29, 0.717) is 0 Å². The maximum Gasteiger partial charge on any atom is 0.269 e. The van der Waals surface area contributed by atoms with Crippen molar-refractivity contribution in [1.82, 2.24) is 19.9 Å². The van der Waals surface area contributed by atoms with Crippen LogP contribution in [-0.4, -0.2) is 30.1 Å². The SMILES string of the molecule is Oc1cnc(N=Nc2ncc(O)cn2)nc1. The van der Waals surface area contributed by atoms with Gasteiger partial charge in [0.2, 0.25) is 0 Å². The molecular weight excluding hydrogens is 212 g/mol. The Labute approximate surface area is 89.4 Å². The number of hydrogen-bond donors (Lipinski definition) is 2. The highest BCUT2D eigenvalue weighted by atomic mass is 16.3. The fraction of sp³-hybridized carbons (Fsp3) is 0. The summed E-state index contributed by atoms with van der Waals surface area (Å²) in [6, 6.07) is 0. The summed E-state index contributed by atoms with van der Waals surface area (Å²) in [6.45, 7) is 0. The van der Waals surface area contributed by atoms with Gasteiger partial charge in [-0.1, -0.05) is 0 Å². The monoisotopic (exact) mass is 218 g/mol. The van der Waals surface area contributed by atoms with Crippen molar-refractivity contribution >= 4 is 11.9 Å². The quantitative estimate of drug-likeness (QED) is 0.728. The van der Waals surface area contributed by atoms with E-state index in [1.807, 2.05) is 0 Å². The van der Waals surface area contributed by atoms with Crippen LogP contribution in [0.2, 0.25) is 0 Å². The van der Waals surface area contributed by atoms with Gasteiger partial charge in [-0.15, -0.1) is 10.2 Å². The van der Waals surface area contributed by atoms with Crippen molar-refractivity contribution in [2.45, 2.75) is 0 Å². The summed E-state index contributed by atoms with van der Waals surface area (Å²) in [6.07, 6.45) is 4.77. The molecule has 0 aliphatic carbocycles. The Hall–Kier alpha value is -2.64. The predicted molar refractivity (Wildman–Crippen MR) is 51.6 cm³/mol. The van der Waals surface area contributed by atoms with Crippen LogP contribution in [0.5, 0.6) is 11.5 Å². The molecule has 0 radical (unpaired) electrons. The molecule has 2 N–H and O–H groups in total. The first-order valence-corrected chi connectivity index (χ1v) is 4.18. The van der Waals surface area contributed by atoms with Crippen LogP contribution < -0.4 is 0 Å². The zero-order valence-corrected chi connectivity index (χ0v) is 7.89. The molecule has 8 nitrogen and oxygen atoms in total. The van der Waals surface area contributed by atoms with Crippen LogP contribution in [0.15, 0.2) is 35.0 Å². The van der Waals surface area contributed by atoms with Crippen molar-refractivity contribution in [1.29, 1.82) is 0 Å². The van der Waals surface area contributed by atoms with Gasteiger partial charge in [-0.3, -0.25) is 0 Å². The number of nitrogens with zero attached hydrogens (tertiary/aromatic N) is 6. The van der Waals surface area contributed by atoms with Gasteiger partial charge in [0.25, 0.3) is 11.9 Å². The van der Waals surface area contributed by atoms with Crippen LogP contribution in [0.4, 0.5) is 11.9 Å². The summed E-state index contributed by atoms with van der Waals surface area (Å²) in [5.74, 6) is 0.0450. The van der Waals surface area contributed by atoms with E-state index in [1.54, 1.807) is 0 Å². The summed E-state index contributed by atoms with van der Waals surface area (Å²) in [5, 5.41) is 25.1. The first kappa shape index (κ1) is 9.90. The molecule has 16 heavy (non-hydrogen) atoms. The van der Waals surface area contributed by atoms with Gasteiger partial charge in [0, 0.05) is 0 Å². The van der Waals surface area contributed by atoms with Gasteiger partial charge in [0.05, 0.1) is 24.8 Å². The second kappa shape index (κ2) is 4.26. The largest absolute Gasteiger partial charge is 0.505 e. The third-order valence-electron chi connectivity index (χ3n) is 1.48. The van der Waals surface area contributed by atoms with E-state index in [9.17, 15) is 0 Å². The lowest BCUT2D eigenvalue weighted by Crippen LogP contribution is -1.80. The average molecular weight is 218 g/mol. The summed E-state index contributed by atoms with van der Waals surface area (Å²) in [7, 11) is 0. The lowest BCUT2D eigenvalue weighted by Gasteiger charge is -1.92. The van der Waals surface area contributed by atoms with Crippen LogP contribution in [0, 0.1) is 0 Å². The molecule has 0 amide bonds. The van der Waals surface area contributed by atoms with E-state index in [-0.39, 0.29) is 23.4 Å². The van der Waals surface area contributed by atoms with Crippen molar-refractivity contribution < 1.29 is 10.2 Å². The predicted octanol–water partition coefficient (Wildman–Crippen LogP) is 1.09. The number of aromatic hydroxyl groups is 2. The maximum atomic E-state index is 8.92. The lowest BCUT2D eigenvalue weighted by molar-refractivity contribution is 0.469. The molecule has 0 aliphatic heterocycles. The number of hydrogen-bond acceptors (Lipinski definition) is 8. The molecule has 2 heterocycles. The van der Waals surface area contributed by atoms with E-state index < -0.39 is 0 Å². The van der Waals surface area contributed by atoms with E-state index >= 15 is 0 Å². The van der Waals surface area contributed by atoms with E-state index in [2.05, 4.69) is 30.2 Å². The molecule has 0 bridgehead atoms. The molecule has 8 heteroatoms. The minimum absolute atomic E-state index is 0.0557. The molecule has 0 aliphatic rings.